The normalized spacial score (nSPS) is 16.6. The molecule has 0 spiro atoms. The highest BCUT2D eigenvalue weighted by molar-refractivity contribution is 4.97. The predicted molar refractivity (Wildman–Crippen MR) is 68.9 cm³/mol. The van der Waals surface area contributed by atoms with Gasteiger partial charge in [-0.2, -0.15) is 0 Å². The van der Waals surface area contributed by atoms with E-state index in [1.807, 2.05) is 5.92 Å². The van der Waals surface area contributed by atoms with E-state index < -0.39 is 0 Å². The third-order valence-electron chi connectivity index (χ3n) is 3.69. The Hall–Kier alpha value is 0. The first-order valence-electron chi connectivity index (χ1n) is 7.27. The molecule has 0 nitrogen and oxygen atoms in total. The molecule has 1 aliphatic carbocycles. The van der Waals surface area contributed by atoms with E-state index in [1.165, 1.54) is 83.5 Å². The Morgan fingerprint density at radius 3 is 1.73 bits per heavy atom. The van der Waals surface area contributed by atoms with Crippen molar-refractivity contribution in [3.63, 3.8) is 0 Å². The minimum atomic E-state index is 1.37. The van der Waals surface area contributed by atoms with E-state index in [2.05, 4.69) is 6.92 Å². The molecule has 0 unspecified atom stereocenters. The maximum absolute atomic E-state index is 2.29. The summed E-state index contributed by atoms with van der Waals surface area (Å²) < 4.78 is 0. The van der Waals surface area contributed by atoms with E-state index in [0.29, 0.717) is 0 Å². The van der Waals surface area contributed by atoms with Gasteiger partial charge in [-0.3, -0.25) is 0 Å². The van der Waals surface area contributed by atoms with Gasteiger partial charge in [-0.25, -0.2) is 0 Å². The van der Waals surface area contributed by atoms with Crippen LogP contribution in [0, 0.1) is 5.92 Å². The topological polar surface area (TPSA) is 0 Å². The Kier molecular flexibility index (Phi) is 8.05. The minimum absolute atomic E-state index is 1.37. The van der Waals surface area contributed by atoms with Crippen molar-refractivity contribution in [2.75, 3.05) is 0 Å². The molecule has 0 bridgehead atoms. The lowest BCUT2D eigenvalue weighted by molar-refractivity contribution is 0.478. The van der Waals surface area contributed by atoms with Crippen molar-refractivity contribution in [2.45, 2.75) is 90.4 Å². The molecule has 1 aliphatic rings. The van der Waals surface area contributed by atoms with Gasteiger partial charge in [0.1, 0.15) is 0 Å². The van der Waals surface area contributed by atoms with E-state index >= 15 is 0 Å². The third-order valence-corrected chi connectivity index (χ3v) is 3.69. The molecular weight excluding hydrogens is 180 g/mol. The van der Waals surface area contributed by atoms with Crippen LogP contribution in [0.1, 0.15) is 90.4 Å². The first kappa shape index (κ1) is 13.1. The summed E-state index contributed by atoms with van der Waals surface area (Å²) in [6, 6.07) is 0. The summed E-state index contributed by atoms with van der Waals surface area (Å²) >= 11 is 0. The van der Waals surface area contributed by atoms with Gasteiger partial charge in [0, 0.05) is 0 Å². The molecule has 0 heterocycles. The summed E-state index contributed by atoms with van der Waals surface area (Å²) in [5, 5.41) is 0. The number of hydrogen-bond acceptors (Lipinski definition) is 0. The van der Waals surface area contributed by atoms with Gasteiger partial charge in [0.25, 0.3) is 0 Å². The molecule has 1 saturated carbocycles. The van der Waals surface area contributed by atoms with Crippen LogP contribution >= 0.6 is 0 Å². The lowest BCUT2D eigenvalue weighted by atomic mass is 9.81. The highest BCUT2D eigenvalue weighted by Crippen LogP contribution is 2.33. The minimum Gasteiger partial charge on any atom is -0.0654 e. The fourth-order valence-corrected chi connectivity index (χ4v) is 2.36. The molecule has 0 atom stereocenters. The monoisotopic (exact) mass is 209 g/mol. The number of hydrogen-bond donors (Lipinski definition) is 0. The zero-order valence-electron chi connectivity index (χ0n) is 10.7. The van der Waals surface area contributed by atoms with E-state index in [0.717, 1.165) is 0 Å². The van der Waals surface area contributed by atoms with Crippen LogP contribution in [0.2, 0.25) is 0 Å². The van der Waals surface area contributed by atoms with Crippen molar-refractivity contribution in [1.29, 1.82) is 0 Å². The predicted octanol–water partition coefficient (Wildman–Crippen LogP) is 5.67. The van der Waals surface area contributed by atoms with Gasteiger partial charge >= 0.3 is 0 Å². The maximum Gasteiger partial charge on any atom is -0.0241 e. The smallest absolute Gasteiger partial charge is 0.0241 e. The second-order valence-electron chi connectivity index (χ2n) is 5.18. The summed E-state index contributed by atoms with van der Waals surface area (Å²) in [5.41, 5.74) is 0. The van der Waals surface area contributed by atoms with Crippen LogP contribution in [0.5, 0.6) is 0 Å². The number of unbranched alkanes of at least 4 members (excludes halogenated alkanes) is 8. The van der Waals surface area contributed by atoms with Gasteiger partial charge in [0.15, 0.2) is 0 Å². The highest BCUT2D eigenvalue weighted by Gasteiger charge is 2.16. The molecule has 0 N–H and O–H groups in total. The molecule has 0 aromatic carbocycles. The second kappa shape index (κ2) is 9.24. The molecule has 15 heavy (non-hydrogen) atoms. The summed E-state index contributed by atoms with van der Waals surface area (Å²) in [6.07, 6.45) is 19.0. The van der Waals surface area contributed by atoms with Crippen molar-refractivity contribution in [3.05, 3.63) is 5.92 Å². The fraction of sp³-hybridized carbons (Fsp3) is 0.933. The van der Waals surface area contributed by atoms with Gasteiger partial charge in [-0.15, -0.1) is 0 Å². The molecule has 0 saturated heterocycles. The Labute approximate surface area is 96.8 Å². The fourth-order valence-electron chi connectivity index (χ4n) is 2.36. The zero-order valence-corrected chi connectivity index (χ0v) is 10.7. The molecule has 0 aliphatic heterocycles. The molecule has 0 heteroatoms. The van der Waals surface area contributed by atoms with Gasteiger partial charge in [-0.05, 0) is 25.2 Å². The maximum atomic E-state index is 2.29. The van der Waals surface area contributed by atoms with Crippen LogP contribution < -0.4 is 0 Å². The summed E-state index contributed by atoms with van der Waals surface area (Å²) in [6.45, 7) is 2.29. The zero-order chi connectivity index (χ0) is 10.8. The van der Waals surface area contributed by atoms with Crippen LogP contribution in [0.3, 0.4) is 0 Å². The molecule has 1 radical (unpaired) electrons. The largest absolute Gasteiger partial charge is 0.0654 e. The average Bonchev–Trinajstić information content (AvgIpc) is 2.18. The van der Waals surface area contributed by atoms with E-state index in [9.17, 15) is 0 Å². The van der Waals surface area contributed by atoms with Crippen molar-refractivity contribution in [2.24, 2.45) is 0 Å². The van der Waals surface area contributed by atoms with Gasteiger partial charge in [-0.1, -0.05) is 71.1 Å². The quantitative estimate of drug-likeness (QED) is 0.407. The van der Waals surface area contributed by atoms with Gasteiger partial charge in [0.05, 0.1) is 0 Å². The Morgan fingerprint density at radius 1 is 0.733 bits per heavy atom. The first-order chi connectivity index (χ1) is 7.43. The van der Waals surface area contributed by atoms with E-state index in [4.69, 9.17) is 0 Å². The number of rotatable bonds is 10. The molecule has 0 amide bonds. The highest BCUT2D eigenvalue weighted by atomic mass is 14.2. The van der Waals surface area contributed by atoms with Crippen molar-refractivity contribution in [1.82, 2.24) is 0 Å². The molecule has 0 aromatic heterocycles. The summed E-state index contributed by atoms with van der Waals surface area (Å²) in [5.74, 6) is 1.86. The van der Waals surface area contributed by atoms with E-state index in [1.54, 1.807) is 0 Å². The van der Waals surface area contributed by atoms with Crippen molar-refractivity contribution >= 4 is 0 Å². The van der Waals surface area contributed by atoms with E-state index in [-0.39, 0.29) is 0 Å². The lowest BCUT2D eigenvalue weighted by Gasteiger charge is -2.24. The SMILES string of the molecule is CCCCCCCCCCC[C]1CCC1. The van der Waals surface area contributed by atoms with Crippen LogP contribution in [-0.2, 0) is 0 Å². The summed E-state index contributed by atoms with van der Waals surface area (Å²) in [4.78, 5) is 0. The van der Waals surface area contributed by atoms with Crippen LogP contribution in [-0.4, -0.2) is 0 Å². The van der Waals surface area contributed by atoms with Crippen LogP contribution in [0.4, 0.5) is 0 Å². The standard InChI is InChI=1S/C15H29/c1-2-3-4-5-6-7-8-9-10-12-15-13-11-14-15/h2-14H2,1H3. The van der Waals surface area contributed by atoms with Crippen molar-refractivity contribution < 1.29 is 0 Å². The Morgan fingerprint density at radius 2 is 1.27 bits per heavy atom. The first-order valence-corrected chi connectivity index (χ1v) is 7.27. The Balaban J connectivity index is 1.66. The third kappa shape index (κ3) is 6.98. The van der Waals surface area contributed by atoms with Crippen LogP contribution in [0.25, 0.3) is 0 Å². The molecular formula is C15H29. The molecule has 1 fully saturated rings. The van der Waals surface area contributed by atoms with Gasteiger partial charge < -0.3 is 0 Å². The summed E-state index contributed by atoms with van der Waals surface area (Å²) in [7, 11) is 0. The Bertz CT molecular complexity index is 124. The lowest BCUT2D eigenvalue weighted by Crippen LogP contribution is -2.07. The average molecular weight is 209 g/mol. The van der Waals surface area contributed by atoms with Crippen molar-refractivity contribution in [3.8, 4) is 0 Å². The molecule has 1 rings (SSSR count). The molecule has 89 valence electrons. The van der Waals surface area contributed by atoms with Crippen LogP contribution in [0.15, 0.2) is 0 Å². The van der Waals surface area contributed by atoms with Gasteiger partial charge in [0.2, 0.25) is 0 Å². The molecule has 0 aromatic rings. The second-order valence-corrected chi connectivity index (χ2v) is 5.18.